The average molecular weight is 242 g/mol. The van der Waals surface area contributed by atoms with E-state index in [0.717, 1.165) is 18.4 Å². The van der Waals surface area contributed by atoms with Gasteiger partial charge in [-0.2, -0.15) is 0 Å². The highest BCUT2D eigenvalue weighted by atomic mass is 32.1. The van der Waals surface area contributed by atoms with Crippen molar-refractivity contribution >= 4 is 34.2 Å². The maximum absolute atomic E-state index is 10.6. The fraction of sp³-hybridized carbons (Fsp3) is 0.333. The van der Waals surface area contributed by atoms with E-state index in [1.807, 2.05) is 0 Å². The van der Waals surface area contributed by atoms with Crippen LogP contribution in [-0.2, 0) is 0 Å². The predicted octanol–water partition coefficient (Wildman–Crippen LogP) is 2.81. The molecule has 7 heteroatoms. The largest absolute Gasteiger partial charge is 0.465 e. The van der Waals surface area contributed by atoms with Gasteiger partial charge in [-0.1, -0.05) is 0 Å². The Balaban J connectivity index is 2.28. The summed E-state index contributed by atoms with van der Waals surface area (Å²) in [4.78, 5) is 21.1. The average Bonchev–Trinajstić information content (AvgIpc) is 2.93. The molecule has 2 rings (SSSR count). The maximum Gasteiger partial charge on any atom is 0.409 e. The zero-order valence-electron chi connectivity index (χ0n) is 8.19. The molecule has 1 aliphatic rings. The first-order valence-electron chi connectivity index (χ1n) is 4.69. The SMILES string of the molecule is O=C(O)Nc1scc(C2CC2)c1NC(=O)O. The van der Waals surface area contributed by atoms with Crippen molar-refractivity contribution in [3.05, 3.63) is 10.9 Å². The lowest BCUT2D eigenvalue weighted by atomic mass is 10.2. The van der Waals surface area contributed by atoms with Crippen molar-refractivity contribution in [2.24, 2.45) is 0 Å². The van der Waals surface area contributed by atoms with Crippen LogP contribution in [0.1, 0.15) is 24.3 Å². The van der Waals surface area contributed by atoms with Gasteiger partial charge in [-0.05, 0) is 29.7 Å². The Morgan fingerprint density at radius 1 is 1.25 bits per heavy atom. The predicted molar refractivity (Wildman–Crippen MR) is 59.6 cm³/mol. The zero-order valence-corrected chi connectivity index (χ0v) is 9.00. The highest BCUT2D eigenvalue weighted by Crippen LogP contribution is 2.48. The molecule has 0 atom stereocenters. The number of nitrogens with one attached hydrogen (secondary N) is 2. The molecule has 16 heavy (non-hydrogen) atoms. The highest BCUT2D eigenvalue weighted by Gasteiger charge is 2.29. The van der Waals surface area contributed by atoms with Crippen LogP contribution < -0.4 is 10.6 Å². The second-order valence-electron chi connectivity index (χ2n) is 3.53. The standard InChI is InChI=1S/C9H10N2O4S/c12-8(13)10-6-5(4-1-2-4)3-16-7(6)11-9(14)15/h3-4,10-11H,1-2H2,(H,12,13)(H,14,15). The first-order valence-corrected chi connectivity index (χ1v) is 5.57. The van der Waals surface area contributed by atoms with Gasteiger partial charge in [0.25, 0.3) is 0 Å². The summed E-state index contributed by atoms with van der Waals surface area (Å²) in [6.07, 6.45) is -0.332. The molecule has 1 aliphatic carbocycles. The van der Waals surface area contributed by atoms with E-state index in [-0.39, 0.29) is 0 Å². The van der Waals surface area contributed by atoms with Gasteiger partial charge in [0.2, 0.25) is 0 Å². The molecule has 0 spiro atoms. The summed E-state index contributed by atoms with van der Waals surface area (Å²) in [6.45, 7) is 0. The lowest BCUT2D eigenvalue weighted by Crippen LogP contribution is -2.12. The molecule has 4 N–H and O–H groups in total. The van der Waals surface area contributed by atoms with Gasteiger partial charge in [0.1, 0.15) is 5.00 Å². The van der Waals surface area contributed by atoms with E-state index in [1.54, 1.807) is 5.38 Å². The number of rotatable bonds is 3. The number of carboxylic acid groups (broad SMARTS) is 2. The Labute approximate surface area is 94.9 Å². The Bertz CT molecular complexity index is 439. The van der Waals surface area contributed by atoms with Crippen LogP contribution in [0.2, 0.25) is 0 Å². The second-order valence-corrected chi connectivity index (χ2v) is 4.41. The molecule has 0 radical (unpaired) electrons. The fourth-order valence-electron chi connectivity index (χ4n) is 1.49. The molecule has 0 bridgehead atoms. The van der Waals surface area contributed by atoms with Crippen LogP contribution in [0.5, 0.6) is 0 Å². The lowest BCUT2D eigenvalue weighted by molar-refractivity contribution is 0.208. The van der Waals surface area contributed by atoms with E-state index in [0.29, 0.717) is 16.6 Å². The number of carbonyl (C=O) groups is 2. The van der Waals surface area contributed by atoms with Crippen molar-refractivity contribution in [2.75, 3.05) is 10.6 Å². The van der Waals surface area contributed by atoms with Gasteiger partial charge in [-0.25, -0.2) is 9.59 Å². The van der Waals surface area contributed by atoms with Crippen molar-refractivity contribution in [3.63, 3.8) is 0 Å². The van der Waals surface area contributed by atoms with Crippen LogP contribution in [-0.4, -0.2) is 22.4 Å². The van der Waals surface area contributed by atoms with E-state index >= 15 is 0 Å². The maximum atomic E-state index is 10.6. The van der Waals surface area contributed by atoms with Crippen molar-refractivity contribution in [2.45, 2.75) is 18.8 Å². The quantitative estimate of drug-likeness (QED) is 0.655. The van der Waals surface area contributed by atoms with Gasteiger partial charge in [-0.15, -0.1) is 11.3 Å². The summed E-state index contributed by atoms with van der Waals surface area (Å²) in [5.41, 5.74) is 1.26. The van der Waals surface area contributed by atoms with Gasteiger partial charge in [-0.3, -0.25) is 10.6 Å². The van der Waals surface area contributed by atoms with Gasteiger partial charge < -0.3 is 10.2 Å². The molecule has 0 aliphatic heterocycles. The molecule has 0 unspecified atom stereocenters. The Kier molecular flexibility index (Phi) is 2.69. The molecule has 0 aromatic carbocycles. The number of thiophene rings is 1. The topological polar surface area (TPSA) is 98.7 Å². The Morgan fingerprint density at radius 2 is 1.88 bits per heavy atom. The minimum atomic E-state index is -1.20. The van der Waals surface area contributed by atoms with Crippen molar-refractivity contribution < 1.29 is 19.8 Å². The van der Waals surface area contributed by atoms with Crippen molar-refractivity contribution in [1.82, 2.24) is 0 Å². The Morgan fingerprint density at radius 3 is 2.38 bits per heavy atom. The molecule has 1 saturated carbocycles. The van der Waals surface area contributed by atoms with E-state index in [9.17, 15) is 9.59 Å². The molecule has 1 aromatic rings. The van der Waals surface area contributed by atoms with E-state index < -0.39 is 12.2 Å². The van der Waals surface area contributed by atoms with Gasteiger partial charge in [0.05, 0.1) is 5.69 Å². The molecule has 1 heterocycles. The molecule has 6 nitrogen and oxygen atoms in total. The van der Waals surface area contributed by atoms with Crippen molar-refractivity contribution in [3.8, 4) is 0 Å². The van der Waals surface area contributed by atoms with Crippen LogP contribution in [0.4, 0.5) is 20.3 Å². The Hall–Kier alpha value is -1.76. The normalized spacial score (nSPS) is 14.5. The van der Waals surface area contributed by atoms with Crippen LogP contribution in [0.15, 0.2) is 5.38 Å². The van der Waals surface area contributed by atoms with Crippen LogP contribution in [0.25, 0.3) is 0 Å². The number of amides is 2. The van der Waals surface area contributed by atoms with Crippen LogP contribution in [0.3, 0.4) is 0 Å². The molecule has 2 amide bonds. The van der Waals surface area contributed by atoms with E-state index in [4.69, 9.17) is 10.2 Å². The minimum absolute atomic E-state index is 0.330. The fourth-order valence-corrected chi connectivity index (χ4v) is 2.48. The third-order valence-electron chi connectivity index (χ3n) is 2.29. The summed E-state index contributed by atoms with van der Waals surface area (Å²) < 4.78 is 0. The molecular formula is C9H10N2O4S. The van der Waals surface area contributed by atoms with E-state index in [1.165, 1.54) is 11.3 Å². The van der Waals surface area contributed by atoms with Crippen LogP contribution >= 0.6 is 11.3 Å². The summed E-state index contributed by atoms with van der Waals surface area (Å²) in [6, 6.07) is 0. The molecular weight excluding hydrogens is 232 g/mol. The number of anilines is 2. The lowest BCUT2D eigenvalue weighted by Gasteiger charge is -2.05. The molecule has 1 aromatic heterocycles. The molecule has 1 fully saturated rings. The monoisotopic (exact) mass is 242 g/mol. The minimum Gasteiger partial charge on any atom is -0.465 e. The van der Waals surface area contributed by atoms with Gasteiger partial charge >= 0.3 is 12.2 Å². The number of hydrogen-bond donors (Lipinski definition) is 4. The molecule has 0 saturated heterocycles. The first kappa shape index (κ1) is 10.7. The zero-order chi connectivity index (χ0) is 11.7. The van der Waals surface area contributed by atoms with Gasteiger partial charge in [0.15, 0.2) is 0 Å². The number of hydrogen-bond acceptors (Lipinski definition) is 3. The summed E-state index contributed by atoms with van der Waals surface area (Å²) >= 11 is 1.20. The summed E-state index contributed by atoms with van der Waals surface area (Å²) in [5, 5.41) is 23.9. The smallest absolute Gasteiger partial charge is 0.409 e. The second kappa shape index (κ2) is 4.01. The highest BCUT2D eigenvalue weighted by molar-refractivity contribution is 7.15. The first-order chi connectivity index (χ1) is 7.58. The third kappa shape index (κ3) is 2.25. The van der Waals surface area contributed by atoms with Crippen molar-refractivity contribution in [1.29, 1.82) is 0 Å². The van der Waals surface area contributed by atoms with Gasteiger partial charge in [0, 0.05) is 0 Å². The van der Waals surface area contributed by atoms with Crippen LogP contribution in [0, 0.1) is 0 Å². The summed E-state index contributed by atoms with van der Waals surface area (Å²) in [5.74, 6) is 0.363. The third-order valence-corrected chi connectivity index (χ3v) is 3.20. The molecule has 86 valence electrons. The summed E-state index contributed by atoms with van der Waals surface area (Å²) in [7, 11) is 0. The van der Waals surface area contributed by atoms with E-state index in [2.05, 4.69) is 10.6 Å².